The Kier molecular flexibility index (Phi) is 5.67. The van der Waals surface area contributed by atoms with Crippen molar-refractivity contribution in [3.63, 3.8) is 0 Å². The number of nitrogens with two attached hydrogens (primary N) is 1. The summed E-state index contributed by atoms with van der Waals surface area (Å²) < 4.78 is 0. The van der Waals surface area contributed by atoms with Crippen molar-refractivity contribution in [2.75, 3.05) is 0 Å². The highest BCUT2D eigenvalue weighted by Gasteiger charge is 2.07. The largest absolute Gasteiger partial charge is 0.323 e. The van der Waals surface area contributed by atoms with Crippen LogP contribution in [0.15, 0.2) is 24.4 Å². The maximum absolute atomic E-state index is 5.93. The summed E-state index contributed by atoms with van der Waals surface area (Å²) in [6.45, 7) is 4.34. The Morgan fingerprint density at radius 3 is 2.54 bits per heavy atom. The molecule has 13 heavy (non-hydrogen) atoms. The van der Waals surface area contributed by atoms with Gasteiger partial charge in [-0.15, -0.1) is 12.4 Å². The van der Waals surface area contributed by atoms with Crippen molar-refractivity contribution in [2.24, 2.45) is 11.7 Å². The van der Waals surface area contributed by atoms with Crippen molar-refractivity contribution in [3.05, 3.63) is 30.1 Å². The van der Waals surface area contributed by atoms with Gasteiger partial charge in [0, 0.05) is 12.2 Å². The van der Waals surface area contributed by atoms with E-state index in [1.807, 2.05) is 18.2 Å². The summed E-state index contributed by atoms with van der Waals surface area (Å²) in [6.07, 6.45) is 2.78. The molecule has 0 spiro atoms. The molecule has 1 aromatic rings. The molecule has 2 nitrogen and oxygen atoms in total. The van der Waals surface area contributed by atoms with Gasteiger partial charge in [-0.1, -0.05) is 19.9 Å². The van der Waals surface area contributed by atoms with Crippen molar-refractivity contribution in [3.8, 4) is 0 Å². The first kappa shape index (κ1) is 12.4. The lowest BCUT2D eigenvalue weighted by molar-refractivity contribution is 0.502. The molecule has 0 aliphatic rings. The molecule has 0 aliphatic carbocycles. The third kappa shape index (κ3) is 4.25. The average Bonchev–Trinajstić information content (AvgIpc) is 2.05. The van der Waals surface area contributed by atoms with Gasteiger partial charge in [-0.25, -0.2) is 0 Å². The number of hydrogen-bond acceptors (Lipinski definition) is 2. The monoisotopic (exact) mass is 200 g/mol. The zero-order chi connectivity index (χ0) is 8.97. The van der Waals surface area contributed by atoms with Gasteiger partial charge in [0.2, 0.25) is 0 Å². The summed E-state index contributed by atoms with van der Waals surface area (Å²) in [5.74, 6) is 0.627. The molecule has 3 heteroatoms. The first-order chi connectivity index (χ1) is 5.70. The number of nitrogens with zero attached hydrogens (tertiary/aromatic N) is 1. The standard InChI is InChI=1S/C10H16N2.ClH/c1-8(2)7-9(11)10-5-3-4-6-12-10;/h3-6,8-9H,7,11H2,1-2H3;1H/t9-;/m0./s1. The van der Waals surface area contributed by atoms with Crippen LogP contribution in [0.5, 0.6) is 0 Å². The van der Waals surface area contributed by atoms with E-state index in [1.54, 1.807) is 6.20 Å². The summed E-state index contributed by atoms with van der Waals surface area (Å²) in [5.41, 5.74) is 6.93. The first-order valence-corrected chi connectivity index (χ1v) is 4.36. The minimum absolute atomic E-state index is 0. The van der Waals surface area contributed by atoms with Crippen molar-refractivity contribution < 1.29 is 0 Å². The van der Waals surface area contributed by atoms with E-state index in [1.165, 1.54) is 0 Å². The van der Waals surface area contributed by atoms with Gasteiger partial charge in [0.05, 0.1) is 5.69 Å². The van der Waals surface area contributed by atoms with Crippen LogP contribution in [-0.4, -0.2) is 4.98 Å². The third-order valence-corrected chi connectivity index (χ3v) is 1.79. The van der Waals surface area contributed by atoms with E-state index in [0.717, 1.165) is 12.1 Å². The molecule has 2 N–H and O–H groups in total. The molecule has 0 unspecified atom stereocenters. The Balaban J connectivity index is 0.00000144. The lowest BCUT2D eigenvalue weighted by Crippen LogP contribution is -2.13. The number of aromatic nitrogens is 1. The van der Waals surface area contributed by atoms with Gasteiger partial charge in [0.25, 0.3) is 0 Å². The van der Waals surface area contributed by atoms with Crippen molar-refractivity contribution in [2.45, 2.75) is 26.3 Å². The highest BCUT2D eigenvalue weighted by Crippen LogP contribution is 2.15. The summed E-state index contributed by atoms with van der Waals surface area (Å²) in [6, 6.07) is 5.95. The van der Waals surface area contributed by atoms with Gasteiger partial charge in [-0.2, -0.15) is 0 Å². The smallest absolute Gasteiger partial charge is 0.0571 e. The zero-order valence-electron chi connectivity index (χ0n) is 8.10. The third-order valence-electron chi connectivity index (χ3n) is 1.79. The molecule has 0 fully saturated rings. The molecule has 0 amide bonds. The van der Waals surface area contributed by atoms with Gasteiger partial charge in [-0.3, -0.25) is 4.98 Å². The fourth-order valence-electron chi connectivity index (χ4n) is 1.22. The van der Waals surface area contributed by atoms with Crippen LogP contribution in [0.3, 0.4) is 0 Å². The molecule has 1 heterocycles. The summed E-state index contributed by atoms with van der Waals surface area (Å²) >= 11 is 0. The van der Waals surface area contributed by atoms with Crippen LogP contribution in [0.25, 0.3) is 0 Å². The van der Waals surface area contributed by atoms with Crippen LogP contribution in [0, 0.1) is 5.92 Å². The van der Waals surface area contributed by atoms with E-state index in [0.29, 0.717) is 5.92 Å². The van der Waals surface area contributed by atoms with Crippen LogP contribution in [0.1, 0.15) is 32.0 Å². The molecule has 1 aromatic heterocycles. The second kappa shape index (κ2) is 5.95. The van der Waals surface area contributed by atoms with E-state index in [-0.39, 0.29) is 18.4 Å². The summed E-state index contributed by atoms with van der Waals surface area (Å²) in [4.78, 5) is 4.21. The summed E-state index contributed by atoms with van der Waals surface area (Å²) in [5, 5.41) is 0. The van der Waals surface area contributed by atoms with E-state index in [2.05, 4.69) is 18.8 Å². The number of halogens is 1. The predicted octanol–water partition coefficient (Wildman–Crippen LogP) is 2.55. The van der Waals surface area contributed by atoms with Gasteiger partial charge in [0.1, 0.15) is 0 Å². The SMILES string of the molecule is CC(C)C[C@H](N)c1ccccn1.Cl. The Morgan fingerprint density at radius 2 is 2.08 bits per heavy atom. The van der Waals surface area contributed by atoms with Crippen molar-refractivity contribution >= 4 is 12.4 Å². The molecule has 0 saturated heterocycles. The molecule has 0 radical (unpaired) electrons. The topological polar surface area (TPSA) is 38.9 Å². The molecule has 0 bridgehead atoms. The lowest BCUT2D eigenvalue weighted by atomic mass is 10.0. The lowest BCUT2D eigenvalue weighted by Gasteiger charge is -2.12. The van der Waals surface area contributed by atoms with E-state index < -0.39 is 0 Å². The molecule has 0 aliphatic heterocycles. The quantitative estimate of drug-likeness (QED) is 0.815. The fraction of sp³-hybridized carbons (Fsp3) is 0.500. The first-order valence-electron chi connectivity index (χ1n) is 4.36. The minimum Gasteiger partial charge on any atom is -0.323 e. The maximum Gasteiger partial charge on any atom is 0.0571 e. The zero-order valence-corrected chi connectivity index (χ0v) is 8.92. The van der Waals surface area contributed by atoms with Gasteiger partial charge < -0.3 is 5.73 Å². The molecular weight excluding hydrogens is 184 g/mol. The van der Waals surface area contributed by atoms with E-state index in [9.17, 15) is 0 Å². The van der Waals surface area contributed by atoms with E-state index >= 15 is 0 Å². The highest BCUT2D eigenvalue weighted by molar-refractivity contribution is 5.85. The molecule has 0 aromatic carbocycles. The highest BCUT2D eigenvalue weighted by atomic mass is 35.5. The van der Waals surface area contributed by atoms with Crippen LogP contribution in [-0.2, 0) is 0 Å². The average molecular weight is 201 g/mol. The Labute approximate surface area is 86.0 Å². The Hall–Kier alpha value is -0.600. The Morgan fingerprint density at radius 1 is 1.38 bits per heavy atom. The minimum atomic E-state index is 0. The maximum atomic E-state index is 5.93. The molecule has 0 saturated carbocycles. The number of hydrogen-bond donors (Lipinski definition) is 1. The second-order valence-electron chi connectivity index (χ2n) is 3.49. The van der Waals surface area contributed by atoms with Gasteiger partial charge in [-0.05, 0) is 24.5 Å². The van der Waals surface area contributed by atoms with Gasteiger partial charge in [0.15, 0.2) is 0 Å². The van der Waals surface area contributed by atoms with Crippen molar-refractivity contribution in [1.29, 1.82) is 0 Å². The van der Waals surface area contributed by atoms with Crippen LogP contribution >= 0.6 is 12.4 Å². The predicted molar refractivity (Wildman–Crippen MR) is 57.9 cm³/mol. The molecular formula is C10H17ClN2. The Bertz CT molecular complexity index is 224. The van der Waals surface area contributed by atoms with Crippen LogP contribution in [0.4, 0.5) is 0 Å². The van der Waals surface area contributed by atoms with Gasteiger partial charge >= 0.3 is 0 Å². The van der Waals surface area contributed by atoms with Crippen LogP contribution < -0.4 is 5.73 Å². The normalized spacial score (nSPS) is 12.3. The fourth-order valence-corrected chi connectivity index (χ4v) is 1.22. The van der Waals surface area contributed by atoms with E-state index in [4.69, 9.17) is 5.73 Å². The number of rotatable bonds is 3. The molecule has 74 valence electrons. The summed E-state index contributed by atoms with van der Waals surface area (Å²) in [7, 11) is 0. The second-order valence-corrected chi connectivity index (χ2v) is 3.49. The van der Waals surface area contributed by atoms with Crippen LogP contribution in [0.2, 0.25) is 0 Å². The van der Waals surface area contributed by atoms with Crippen molar-refractivity contribution in [1.82, 2.24) is 4.98 Å². The molecule has 1 rings (SSSR count). The molecule has 1 atom stereocenters. The number of pyridine rings is 1.